The lowest BCUT2D eigenvalue weighted by atomic mass is 9.88. The molecule has 2 fully saturated rings. The number of fused-ring (bicyclic) bond motifs is 1. The molecule has 1 aromatic rings. The van der Waals surface area contributed by atoms with Gasteiger partial charge in [0, 0.05) is 43.6 Å². The van der Waals surface area contributed by atoms with Crippen LogP contribution in [0.15, 0.2) is 34.9 Å². The van der Waals surface area contributed by atoms with Gasteiger partial charge in [0.25, 0.3) is 0 Å². The van der Waals surface area contributed by atoms with Crippen LogP contribution in [0.25, 0.3) is 0 Å². The number of carboxylic acid groups (broad SMARTS) is 1. The molecule has 3 unspecified atom stereocenters. The Bertz CT molecular complexity index is 1050. The fraction of sp³-hybridized carbons (Fsp3) is 0.609. The van der Waals surface area contributed by atoms with Crippen LogP contribution in [-0.2, 0) is 20.9 Å². The number of carboxylic acids is 1. The van der Waals surface area contributed by atoms with Crippen LogP contribution < -0.4 is 0 Å². The van der Waals surface area contributed by atoms with Crippen molar-refractivity contribution in [2.24, 2.45) is 11.3 Å². The van der Waals surface area contributed by atoms with Crippen LogP contribution in [0.4, 0.5) is 0 Å². The Morgan fingerprint density at radius 1 is 1.38 bits per heavy atom. The second-order valence-corrected chi connectivity index (χ2v) is 11.4. The van der Waals surface area contributed by atoms with E-state index >= 15 is 0 Å². The van der Waals surface area contributed by atoms with Crippen LogP contribution in [0.5, 0.6) is 0 Å². The second-order valence-electron chi connectivity index (χ2n) is 9.39. The number of hydrogen-bond donors (Lipinski definition) is 1. The van der Waals surface area contributed by atoms with E-state index in [1.54, 1.807) is 16.1 Å². The van der Waals surface area contributed by atoms with Crippen molar-refractivity contribution in [1.29, 1.82) is 0 Å². The zero-order valence-corrected chi connectivity index (χ0v) is 21.6. The zero-order valence-electron chi connectivity index (χ0n) is 19.9. The largest absolute Gasteiger partial charge is 0.481 e. The normalized spacial score (nSPS) is 28.5. The number of carbonyl (C=O) groups excluding carboxylic acids is 2. The molecule has 0 spiro atoms. The van der Waals surface area contributed by atoms with Crippen molar-refractivity contribution in [2.45, 2.75) is 63.7 Å². The van der Waals surface area contributed by atoms with Crippen LogP contribution in [0.1, 0.15) is 40.5 Å². The van der Waals surface area contributed by atoms with Crippen molar-refractivity contribution < 1.29 is 19.5 Å². The fourth-order valence-electron chi connectivity index (χ4n) is 4.89. The molecule has 2 aliphatic heterocycles. The first-order valence-electron chi connectivity index (χ1n) is 11.5. The minimum atomic E-state index is -1.09. The summed E-state index contributed by atoms with van der Waals surface area (Å²) in [5, 5.41) is 18.7. The summed E-state index contributed by atoms with van der Waals surface area (Å²) in [6.45, 7) is 8.54. The highest BCUT2D eigenvalue weighted by Crippen LogP contribution is 2.47. The third-order valence-electron chi connectivity index (χ3n) is 6.48. The molecule has 34 heavy (non-hydrogen) atoms. The summed E-state index contributed by atoms with van der Waals surface area (Å²) in [6.07, 6.45) is 7.42. The Morgan fingerprint density at radius 3 is 2.79 bits per heavy atom. The van der Waals surface area contributed by atoms with Gasteiger partial charge in [0.2, 0.25) is 11.8 Å². The van der Waals surface area contributed by atoms with E-state index in [0.29, 0.717) is 23.1 Å². The van der Waals surface area contributed by atoms with Gasteiger partial charge in [0.1, 0.15) is 23.2 Å². The summed E-state index contributed by atoms with van der Waals surface area (Å²) in [5.41, 5.74) is 0.947. The number of aromatic nitrogens is 3. The molecule has 1 aromatic heterocycles. The summed E-state index contributed by atoms with van der Waals surface area (Å²) in [6, 6.07) is -0.584. The standard InChI is InChI=1S/C23H31N5O4S2/c1-5-6-26-13-24-25-22(26)34-12-23(21(31)32)10-27-19(30)18(20(27)33-11-23)28(16(4)29)17-8-14(2)7-15(3)9-17/h7-8,13-14,18,20H,5-6,9-12H2,1-4H3,(H,31,32)/t14?,18?,20-,23?/m1/s1. The Labute approximate surface area is 208 Å². The number of allylic oxidation sites excluding steroid dienone is 3. The maximum Gasteiger partial charge on any atom is 0.313 e. The molecule has 0 bridgehead atoms. The third-order valence-corrected chi connectivity index (χ3v) is 9.33. The van der Waals surface area contributed by atoms with Crippen LogP contribution in [-0.4, -0.2) is 76.9 Å². The van der Waals surface area contributed by atoms with Gasteiger partial charge in [-0.25, -0.2) is 0 Å². The number of thioether (sulfide) groups is 2. The molecule has 1 N–H and O–H groups in total. The third kappa shape index (κ3) is 4.51. The molecule has 0 radical (unpaired) electrons. The lowest BCUT2D eigenvalue weighted by Gasteiger charge is -2.56. The minimum Gasteiger partial charge on any atom is -0.481 e. The van der Waals surface area contributed by atoms with Crippen molar-refractivity contribution in [1.82, 2.24) is 24.6 Å². The number of aryl methyl sites for hydroxylation is 1. The Morgan fingerprint density at radius 2 is 2.15 bits per heavy atom. The van der Waals surface area contributed by atoms with E-state index in [1.165, 1.54) is 36.0 Å². The van der Waals surface area contributed by atoms with E-state index < -0.39 is 17.4 Å². The quantitative estimate of drug-likeness (QED) is 0.326. The maximum absolute atomic E-state index is 13.3. The van der Waals surface area contributed by atoms with Gasteiger partial charge in [-0.3, -0.25) is 14.4 Å². The topological polar surface area (TPSA) is 109 Å². The number of carbonyl (C=O) groups is 3. The van der Waals surface area contributed by atoms with E-state index in [4.69, 9.17) is 0 Å². The number of rotatable bonds is 8. The number of amides is 2. The molecule has 1 aliphatic carbocycles. The number of aliphatic carboxylic acids is 1. The van der Waals surface area contributed by atoms with Gasteiger partial charge in [-0.05, 0) is 19.3 Å². The molecule has 9 nitrogen and oxygen atoms in total. The Kier molecular flexibility index (Phi) is 7.14. The number of β-lactam (4-membered cyclic amide) rings is 1. The first-order valence-corrected chi connectivity index (χ1v) is 13.5. The molecule has 2 saturated heterocycles. The summed E-state index contributed by atoms with van der Waals surface area (Å²) in [5.74, 6) is -0.408. The van der Waals surface area contributed by atoms with Gasteiger partial charge >= 0.3 is 5.97 Å². The molecule has 4 atom stereocenters. The summed E-state index contributed by atoms with van der Waals surface area (Å²) in [4.78, 5) is 41.6. The van der Waals surface area contributed by atoms with Gasteiger partial charge in [0.15, 0.2) is 5.16 Å². The average Bonchev–Trinajstić information content (AvgIpc) is 3.22. The molecule has 184 valence electrons. The molecule has 0 saturated carbocycles. The zero-order chi connectivity index (χ0) is 24.6. The lowest BCUT2D eigenvalue weighted by molar-refractivity contribution is -0.163. The minimum absolute atomic E-state index is 0.129. The van der Waals surface area contributed by atoms with Crippen LogP contribution in [0.3, 0.4) is 0 Å². The van der Waals surface area contributed by atoms with Crippen molar-refractivity contribution in [2.75, 3.05) is 18.1 Å². The first kappa shape index (κ1) is 24.8. The first-order chi connectivity index (χ1) is 16.2. The Hall–Kier alpha value is -2.27. The van der Waals surface area contributed by atoms with Gasteiger partial charge in [-0.15, -0.1) is 22.0 Å². The summed E-state index contributed by atoms with van der Waals surface area (Å²) in [7, 11) is 0. The number of nitrogens with zero attached hydrogens (tertiary/aromatic N) is 5. The molecular formula is C23H31N5O4S2. The average molecular weight is 506 g/mol. The van der Waals surface area contributed by atoms with Crippen molar-refractivity contribution in [3.05, 3.63) is 29.7 Å². The van der Waals surface area contributed by atoms with E-state index in [9.17, 15) is 19.5 Å². The Balaban J connectivity index is 1.50. The smallest absolute Gasteiger partial charge is 0.313 e. The fourth-order valence-corrected chi connectivity index (χ4v) is 7.73. The monoisotopic (exact) mass is 505 g/mol. The van der Waals surface area contributed by atoms with Crippen LogP contribution in [0, 0.1) is 11.3 Å². The summed E-state index contributed by atoms with van der Waals surface area (Å²) >= 11 is 2.82. The predicted octanol–water partition coefficient (Wildman–Crippen LogP) is 2.85. The highest BCUT2D eigenvalue weighted by atomic mass is 32.2. The predicted molar refractivity (Wildman–Crippen MR) is 131 cm³/mol. The SMILES string of the molecule is CCCn1cnnc1SCC1(C(=O)O)CS[C@@H]2C(N(C(C)=O)C3=CC(C)C=C(C)C3)C(=O)N2C1. The second kappa shape index (κ2) is 9.77. The molecule has 11 heteroatoms. The van der Waals surface area contributed by atoms with Gasteiger partial charge < -0.3 is 19.5 Å². The van der Waals surface area contributed by atoms with E-state index in [0.717, 1.165) is 18.7 Å². The van der Waals surface area contributed by atoms with Crippen LogP contribution >= 0.6 is 23.5 Å². The van der Waals surface area contributed by atoms with Crippen molar-refractivity contribution in [3.63, 3.8) is 0 Å². The van der Waals surface area contributed by atoms with Crippen molar-refractivity contribution in [3.8, 4) is 0 Å². The molecule has 3 heterocycles. The van der Waals surface area contributed by atoms with Gasteiger partial charge in [-0.2, -0.15) is 0 Å². The molecule has 4 rings (SSSR count). The maximum atomic E-state index is 13.3. The molecular weight excluding hydrogens is 474 g/mol. The highest BCUT2D eigenvalue weighted by molar-refractivity contribution is 8.00. The number of hydrogen-bond acceptors (Lipinski definition) is 7. The lowest BCUT2D eigenvalue weighted by Crippen LogP contribution is -2.74. The van der Waals surface area contributed by atoms with E-state index in [-0.39, 0.29) is 29.7 Å². The van der Waals surface area contributed by atoms with E-state index in [1.807, 2.05) is 17.6 Å². The van der Waals surface area contributed by atoms with Gasteiger partial charge in [0.05, 0.1) is 0 Å². The molecule has 0 aromatic carbocycles. The van der Waals surface area contributed by atoms with E-state index in [2.05, 4.69) is 30.1 Å². The van der Waals surface area contributed by atoms with Gasteiger partial charge in [-0.1, -0.05) is 43.3 Å². The molecule has 2 amide bonds. The summed E-state index contributed by atoms with van der Waals surface area (Å²) < 4.78 is 1.92. The highest BCUT2D eigenvalue weighted by Gasteiger charge is 2.59. The molecule has 3 aliphatic rings. The van der Waals surface area contributed by atoms with Crippen molar-refractivity contribution >= 4 is 41.3 Å². The van der Waals surface area contributed by atoms with Crippen LogP contribution in [0.2, 0.25) is 0 Å².